The predicted molar refractivity (Wildman–Crippen MR) is 98.4 cm³/mol. The largest absolute Gasteiger partial charge is 0.363 e. The lowest BCUT2D eigenvalue weighted by molar-refractivity contribution is 0.612. The summed E-state index contributed by atoms with van der Waals surface area (Å²) in [5.74, 6) is 0.676. The van der Waals surface area contributed by atoms with E-state index in [0.717, 1.165) is 11.2 Å². The molecular formula is C16H22ClN5S. The van der Waals surface area contributed by atoms with Crippen LogP contribution in [0.15, 0.2) is 18.5 Å². The van der Waals surface area contributed by atoms with Crippen molar-refractivity contribution in [1.82, 2.24) is 19.5 Å². The third-order valence-corrected chi connectivity index (χ3v) is 4.35. The molecule has 0 atom stereocenters. The van der Waals surface area contributed by atoms with Gasteiger partial charge < -0.3 is 9.88 Å². The van der Waals surface area contributed by atoms with Crippen molar-refractivity contribution in [2.45, 2.75) is 47.2 Å². The number of aromatic nitrogens is 4. The molecule has 0 spiro atoms. The number of rotatable bonds is 4. The monoisotopic (exact) mass is 351 g/mol. The molecule has 0 aliphatic heterocycles. The number of aryl methyl sites for hydroxylation is 1. The van der Waals surface area contributed by atoms with Crippen LogP contribution in [0.3, 0.4) is 0 Å². The molecule has 3 aromatic rings. The van der Waals surface area contributed by atoms with E-state index in [4.69, 9.17) is 11.6 Å². The van der Waals surface area contributed by atoms with Crippen molar-refractivity contribution in [3.05, 3.63) is 33.5 Å². The van der Waals surface area contributed by atoms with Gasteiger partial charge >= 0.3 is 0 Å². The summed E-state index contributed by atoms with van der Waals surface area (Å²) in [6.45, 7) is 11.0. The van der Waals surface area contributed by atoms with Gasteiger partial charge in [0.25, 0.3) is 0 Å². The molecule has 0 amide bonds. The van der Waals surface area contributed by atoms with E-state index in [-0.39, 0.29) is 11.3 Å². The van der Waals surface area contributed by atoms with Gasteiger partial charge in [0.2, 0.25) is 5.28 Å². The highest BCUT2D eigenvalue weighted by atomic mass is 35.5. The van der Waals surface area contributed by atoms with Gasteiger partial charge in [-0.1, -0.05) is 13.8 Å². The SMILES string of the molecule is CC.Cc1ccc(CNc2nc(Cl)nc3c2ncn3C(C)C)s1. The van der Waals surface area contributed by atoms with E-state index in [1.165, 1.54) is 9.75 Å². The Balaban J connectivity index is 0.000000924. The van der Waals surface area contributed by atoms with Gasteiger partial charge in [0.1, 0.15) is 0 Å². The van der Waals surface area contributed by atoms with E-state index in [1.807, 2.05) is 18.4 Å². The molecule has 0 aromatic carbocycles. The molecule has 124 valence electrons. The number of thiophene rings is 1. The van der Waals surface area contributed by atoms with Crippen LogP contribution >= 0.6 is 22.9 Å². The summed E-state index contributed by atoms with van der Waals surface area (Å²) < 4.78 is 1.99. The molecule has 0 radical (unpaired) electrons. The summed E-state index contributed by atoms with van der Waals surface area (Å²) >= 11 is 7.80. The highest BCUT2D eigenvalue weighted by Gasteiger charge is 2.14. The number of hydrogen-bond acceptors (Lipinski definition) is 5. The van der Waals surface area contributed by atoms with Crippen LogP contribution in [0.25, 0.3) is 11.2 Å². The van der Waals surface area contributed by atoms with Gasteiger partial charge in [-0.2, -0.15) is 9.97 Å². The third kappa shape index (κ3) is 4.00. The number of fused-ring (bicyclic) bond motifs is 1. The number of nitrogens with one attached hydrogen (secondary N) is 1. The molecule has 23 heavy (non-hydrogen) atoms. The first-order valence-corrected chi connectivity index (χ1v) is 8.93. The van der Waals surface area contributed by atoms with Crippen molar-refractivity contribution in [1.29, 1.82) is 0 Å². The maximum Gasteiger partial charge on any atom is 0.226 e. The fraction of sp³-hybridized carbons (Fsp3) is 0.438. The van der Waals surface area contributed by atoms with E-state index in [1.54, 1.807) is 17.7 Å². The average Bonchev–Trinajstić information content (AvgIpc) is 3.13. The van der Waals surface area contributed by atoms with E-state index < -0.39 is 0 Å². The van der Waals surface area contributed by atoms with Crippen LogP contribution in [0.4, 0.5) is 5.82 Å². The Bertz CT molecular complexity index is 778. The number of anilines is 1. The highest BCUT2D eigenvalue weighted by Crippen LogP contribution is 2.24. The second-order valence-electron chi connectivity index (χ2n) is 5.12. The summed E-state index contributed by atoms with van der Waals surface area (Å²) in [5.41, 5.74) is 1.51. The standard InChI is InChI=1S/C14H16ClN5S.C2H6/c1-8(2)20-7-17-11-12(18-14(15)19-13(11)20)16-6-10-5-4-9(3)21-10;1-2/h4-5,7-8H,6H2,1-3H3,(H,16,18,19);1-2H3. The van der Waals surface area contributed by atoms with Gasteiger partial charge in [-0.3, -0.25) is 0 Å². The Morgan fingerprint density at radius 3 is 2.61 bits per heavy atom. The summed E-state index contributed by atoms with van der Waals surface area (Å²) in [5, 5.41) is 3.54. The second kappa shape index (κ2) is 7.75. The molecule has 0 aliphatic carbocycles. The fourth-order valence-electron chi connectivity index (χ4n) is 2.14. The minimum absolute atomic E-state index is 0.231. The zero-order valence-corrected chi connectivity index (χ0v) is 15.7. The van der Waals surface area contributed by atoms with Gasteiger partial charge in [0.15, 0.2) is 17.0 Å². The number of hydrogen-bond donors (Lipinski definition) is 1. The van der Waals surface area contributed by atoms with Crippen LogP contribution < -0.4 is 5.32 Å². The van der Waals surface area contributed by atoms with Crippen LogP contribution in [-0.4, -0.2) is 19.5 Å². The van der Waals surface area contributed by atoms with Crippen molar-refractivity contribution in [3.8, 4) is 0 Å². The molecule has 0 fully saturated rings. The van der Waals surface area contributed by atoms with Crippen molar-refractivity contribution < 1.29 is 0 Å². The average molecular weight is 352 g/mol. The zero-order chi connectivity index (χ0) is 17.0. The molecule has 0 saturated carbocycles. The zero-order valence-electron chi connectivity index (χ0n) is 14.1. The number of nitrogens with zero attached hydrogens (tertiary/aromatic N) is 4. The lowest BCUT2D eigenvalue weighted by Crippen LogP contribution is -2.04. The van der Waals surface area contributed by atoms with Crippen LogP contribution in [0, 0.1) is 6.92 Å². The van der Waals surface area contributed by atoms with E-state index in [9.17, 15) is 0 Å². The summed E-state index contributed by atoms with van der Waals surface area (Å²) in [4.78, 5) is 15.5. The van der Waals surface area contributed by atoms with Crippen LogP contribution in [0.5, 0.6) is 0 Å². The van der Waals surface area contributed by atoms with Gasteiger partial charge in [-0.25, -0.2) is 4.98 Å². The first-order chi connectivity index (χ1) is 11.0. The highest BCUT2D eigenvalue weighted by molar-refractivity contribution is 7.11. The number of imidazole rings is 1. The summed E-state index contributed by atoms with van der Waals surface area (Å²) in [7, 11) is 0. The van der Waals surface area contributed by atoms with Gasteiger partial charge in [-0.15, -0.1) is 11.3 Å². The van der Waals surface area contributed by atoms with Crippen LogP contribution in [0.1, 0.15) is 43.5 Å². The minimum atomic E-state index is 0.231. The van der Waals surface area contributed by atoms with E-state index in [2.05, 4.69) is 53.2 Å². The Kier molecular flexibility index (Phi) is 5.96. The minimum Gasteiger partial charge on any atom is -0.363 e. The molecule has 7 heteroatoms. The maximum atomic E-state index is 6.04. The van der Waals surface area contributed by atoms with Gasteiger partial charge in [0, 0.05) is 15.8 Å². The quantitative estimate of drug-likeness (QED) is 0.667. The topological polar surface area (TPSA) is 55.6 Å². The molecule has 0 unspecified atom stereocenters. The molecule has 3 aromatic heterocycles. The maximum absolute atomic E-state index is 6.04. The molecule has 0 saturated heterocycles. The van der Waals surface area contributed by atoms with Gasteiger partial charge in [0.05, 0.1) is 12.9 Å². The predicted octanol–water partition coefficient (Wildman–Crippen LogP) is 5.07. The second-order valence-corrected chi connectivity index (χ2v) is 6.84. The third-order valence-electron chi connectivity index (χ3n) is 3.18. The van der Waals surface area contributed by atoms with Crippen LogP contribution in [0.2, 0.25) is 5.28 Å². The van der Waals surface area contributed by atoms with E-state index in [0.29, 0.717) is 12.4 Å². The first kappa shape index (κ1) is 17.7. The molecule has 1 N–H and O–H groups in total. The summed E-state index contributed by atoms with van der Waals surface area (Å²) in [6, 6.07) is 4.49. The molecule has 5 nitrogen and oxygen atoms in total. The van der Waals surface area contributed by atoms with Crippen LogP contribution in [-0.2, 0) is 6.54 Å². The van der Waals surface area contributed by atoms with Crippen molar-refractivity contribution in [2.75, 3.05) is 5.32 Å². The smallest absolute Gasteiger partial charge is 0.226 e. The van der Waals surface area contributed by atoms with Gasteiger partial charge in [-0.05, 0) is 44.5 Å². The first-order valence-electron chi connectivity index (χ1n) is 7.74. The lowest BCUT2D eigenvalue weighted by Gasteiger charge is -2.09. The molecule has 0 aliphatic rings. The molecule has 3 heterocycles. The normalized spacial score (nSPS) is 10.7. The number of halogens is 1. The Hall–Kier alpha value is -1.66. The molecule has 3 rings (SSSR count). The van der Waals surface area contributed by atoms with Crippen molar-refractivity contribution >= 4 is 39.9 Å². The Morgan fingerprint density at radius 1 is 1.26 bits per heavy atom. The molecule has 0 bridgehead atoms. The lowest BCUT2D eigenvalue weighted by atomic mass is 10.4. The van der Waals surface area contributed by atoms with Crippen molar-refractivity contribution in [2.24, 2.45) is 0 Å². The molecular weight excluding hydrogens is 330 g/mol. The fourth-order valence-corrected chi connectivity index (χ4v) is 3.14. The Morgan fingerprint density at radius 2 is 2.00 bits per heavy atom. The van der Waals surface area contributed by atoms with Crippen molar-refractivity contribution in [3.63, 3.8) is 0 Å². The summed E-state index contributed by atoms with van der Waals surface area (Å²) in [6.07, 6.45) is 1.78. The van der Waals surface area contributed by atoms with E-state index >= 15 is 0 Å². The Labute approximate surface area is 145 Å².